The Hall–Kier alpha value is -2.05. The molecular formula is C11H18N4O3. The van der Waals surface area contributed by atoms with Crippen LogP contribution >= 0.6 is 0 Å². The molecule has 100 valence electrons. The summed E-state index contributed by atoms with van der Waals surface area (Å²) in [5.41, 5.74) is -0.288. The average molecular weight is 254 g/mol. The highest BCUT2D eigenvalue weighted by Crippen LogP contribution is 1.98. The van der Waals surface area contributed by atoms with Gasteiger partial charge in [0.2, 0.25) is 0 Å². The zero-order valence-corrected chi connectivity index (χ0v) is 10.7. The van der Waals surface area contributed by atoms with Gasteiger partial charge in [0.1, 0.15) is 0 Å². The number of carboxylic acids is 1. The van der Waals surface area contributed by atoms with E-state index in [2.05, 4.69) is 15.6 Å². The third kappa shape index (κ3) is 4.86. The fourth-order valence-corrected chi connectivity index (χ4v) is 1.28. The van der Waals surface area contributed by atoms with E-state index in [1.54, 1.807) is 4.57 Å². The van der Waals surface area contributed by atoms with Crippen LogP contribution < -0.4 is 10.6 Å². The van der Waals surface area contributed by atoms with E-state index in [1.165, 1.54) is 12.5 Å². The van der Waals surface area contributed by atoms with Crippen molar-refractivity contribution in [2.75, 3.05) is 6.54 Å². The van der Waals surface area contributed by atoms with Crippen molar-refractivity contribution in [1.82, 2.24) is 20.2 Å². The number of nitrogens with one attached hydrogen (secondary N) is 2. The molecule has 2 amide bonds. The molecule has 1 heterocycles. The smallest absolute Gasteiger partial charge is 0.356 e. The standard InChI is InChI=1S/C11H18N4O3/c1-11(2,3)14-10(18)12-4-5-15-6-8(9(16)17)13-7-15/h6-7H,4-5H2,1-3H3,(H,16,17)(H2,12,14,18). The fraction of sp³-hybridized carbons (Fsp3) is 0.545. The number of hydrogen-bond acceptors (Lipinski definition) is 3. The predicted molar refractivity (Wildman–Crippen MR) is 65.5 cm³/mol. The largest absolute Gasteiger partial charge is 0.476 e. The second-order valence-electron chi connectivity index (χ2n) is 4.93. The van der Waals surface area contributed by atoms with E-state index in [-0.39, 0.29) is 17.3 Å². The number of aromatic carboxylic acids is 1. The number of carboxylic acid groups (broad SMARTS) is 1. The summed E-state index contributed by atoms with van der Waals surface area (Å²) in [7, 11) is 0. The van der Waals surface area contributed by atoms with E-state index >= 15 is 0 Å². The highest BCUT2D eigenvalue weighted by atomic mass is 16.4. The molecule has 1 aromatic heterocycles. The van der Waals surface area contributed by atoms with Gasteiger partial charge < -0.3 is 20.3 Å². The molecule has 0 aliphatic rings. The number of urea groups is 1. The molecule has 0 spiro atoms. The summed E-state index contributed by atoms with van der Waals surface area (Å²) in [5, 5.41) is 14.1. The molecule has 0 bridgehead atoms. The van der Waals surface area contributed by atoms with Crippen LogP contribution in [0, 0.1) is 0 Å². The number of amides is 2. The lowest BCUT2D eigenvalue weighted by Crippen LogP contribution is -2.47. The SMILES string of the molecule is CC(C)(C)NC(=O)NCCn1cnc(C(=O)O)c1. The first kappa shape index (κ1) is 14.0. The Balaban J connectivity index is 2.33. The van der Waals surface area contributed by atoms with Crippen LogP contribution in [0.3, 0.4) is 0 Å². The maximum absolute atomic E-state index is 11.4. The highest BCUT2D eigenvalue weighted by molar-refractivity contribution is 5.84. The molecule has 7 nitrogen and oxygen atoms in total. The Morgan fingerprint density at radius 2 is 2.11 bits per heavy atom. The minimum absolute atomic E-state index is 0.00542. The van der Waals surface area contributed by atoms with E-state index in [0.717, 1.165) is 0 Å². The van der Waals surface area contributed by atoms with Crippen molar-refractivity contribution >= 4 is 12.0 Å². The summed E-state index contributed by atoms with van der Waals surface area (Å²) in [6, 6.07) is -0.249. The lowest BCUT2D eigenvalue weighted by Gasteiger charge is -2.20. The molecule has 0 aliphatic carbocycles. The number of imidazole rings is 1. The molecule has 18 heavy (non-hydrogen) atoms. The maximum atomic E-state index is 11.4. The van der Waals surface area contributed by atoms with Gasteiger partial charge >= 0.3 is 12.0 Å². The summed E-state index contributed by atoms with van der Waals surface area (Å²) in [4.78, 5) is 25.7. The summed E-state index contributed by atoms with van der Waals surface area (Å²) in [5.74, 6) is -1.06. The van der Waals surface area contributed by atoms with E-state index in [4.69, 9.17) is 5.11 Å². The first-order valence-corrected chi connectivity index (χ1v) is 5.59. The van der Waals surface area contributed by atoms with Crippen LogP contribution in [0.25, 0.3) is 0 Å². The van der Waals surface area contributed by atoms with Gasteiger partial charge in [0.25, 0.3) is 0 Å². The molecule has 0 saturated carbocycles. The van der Waals surface area contributed by atoms with Gasteiger partial charge in [0.15, 0.2) is 5.69 Å². The Labute approximate surface area is 105 Å². The Morgan fingerprint density at radius 3 is 2.61 bits per heavy atom. The van der Waals surface area contributed by atoms with Crippen LogP contribution in [0.1, 0.15) is 31.3 Å². The second kappa shape index (κ2) is 5.52. The van der Waals surface area contributed by atoms with Crippen molar-refractivity contribution in [2.45, 2.75) is 32.9 Å². The number of carbonyl (C=O) groups is 2. The average Bonchev–Trinajstić information content (AvgIpc) is 2.63. The third-order valence-corrected chi connectivity index (χ3v) is 2.00. The van der Waals surface area contributed by atoms with Gasteiger partial charge in [-0.2, -0.15) is 0 Å². The topological polar surface area (TPSA) is 96.3 Å². The second-order valence-corrected chi connectivity index (χ2v) is 4.93. The lowest BCUT2D eigenvalue weighted by atomic mass is 10.1. The molecule has 0 aromatic carbocycles. The monoisotopic (exact) mass is 254 g/mol. The van der Waals surface area contributed by atoms with Crippen LogP contribution in [-0.2, 0) is 6.54 Å². The van der Waals surface area contributed by atoms with Gasteiger partial charge in [-0.1, -0.05) is 0 Å². The molecule has 1 aromatic rings. The van der Waals surface area contributed by atoms with Crippen LogP contribution in [0.4, 0.5) is 4.79 Å². The van der Waals surface area contributed by atoms with E-state index in [0.29, 0.717) is 13.1 Å². The number of aromatic nitrogens is 2. The minimum Gasteiger partial charge on any atom is -0.476 e. The van der Waals surface area contributed by atoms with Crippen molar-refractivity contribution < 1.29 is 14.7 Å². The fourth-order valence-electron chi connectivity index (χ4n) is 1.28. The minimum atomic E-state index is -1.06. The first-order valence-electron chi connectivity index (χ1n) is 5.59. The zero-order chi connectivity index (χ0) is 13.8. The highest BCUT2D eigenvalue weighted by Gasteiger charge is 2.12. The summed E-state index contributed by atoms with van der Waals surface area (Å²) >= 11 is 0. The Kier molecular flexibility index (Phi) is 4.30. The normalized spacial score (nSPS) is 11.1. The van der Waals surface area contributed by atoms with Gasteiger partial charge in [-0.05, 0) is 20.8 Å². The van der Waals surface area contributed by atoms with Crippen molar-refractivity contribution in [2.24, 2.45) is 0 Å². The first-order chi connectivity index (χ1) is 8.28. The molecule has 0 atom stereocenters. The van der Waals surface area contributed by atoms with Crippen LogP contribution in [0.2, 0.25) is 0 Å². The molecule has 3 N–H and O–H groups in total. The van der Waals surface area contributed by atoms with Crippen molar-refractivity contribution in [3.63, 3.8) is 0 Å². The molecule has 0 unspecified atom stereocenters. The molecule has 0 aliphatic heterocycles. The molecule has 0 saturated heterocycles. The third-order valence-electron chi connectivity index (χ3n) is 2.00. The quantitative estimate of drug-likeness (QED) is 0.736. The zero-order valence-electron chi connectivity index (χ0n) is 10.7. The van der Waals surface area contributed by atoms with E-state index < -0.39 is 5.97 Å². The summed E-state index contributed by atoms with van der Waals surface area (Å²) < 4.78 is 1.61. The maximum Gasteiger partial charge on any atom is 0.356 e. The van der Waals surface area contributed by atoms with Gasteiger partial charge in [0, 0.05) is 24.8 Å². The van der Waals surface area contributed by atoms with E-state index in [9.17, 15) is 9.59 Å². The Morgan fingerprint density at radius 1 is 1.44 bits per heavy atom. The number of rotatable bonds is 4. The van der Waals surface area contributed by atoms with Gasteiger partial charge in [0.05, 0.1) is 6.33 Å². The summed E-state index contributed by atoms with van der Waals surface area (Å²) in [6.45, 7) is 6.54. The molecular weight excluding hydrogens is 236 g/mol. The molecule has 1 rings (SSSR count). The number of carbonyl (C=O) groups excluding carboxylic acids is 1. The van der Waals surface area contributed by atoms with Gasteiger partial charge in [-0.25, -0.2) is 14.6 Å². The van der Waals surface area contributed by atoms with Crippen molar-refractivity contribution in [1.29, 1.82) is 0 Å². The molecule has 0 fully saturated rings. The molecule has 7 heteroatoms. The van der Waals surface area contributed by atoms with Crippen molar-refractivity contribution in [3.05, 3.63) is 18.2 Å². The lowest BCUT2D eigenvalue weighted by molar-refractivity contribution is 0.0691. The summed E-state index contributed by atoms with van der Waals surface area (Å²) in [6.07, 6.45) is 2.85. The van der Waals surface area contributed by atoms with E-state index in [1.807, 2.05) is 20.8 Å². The van der Waals surface area contributed by atoms with Gasteiger partial charge in [-0.15, -0.1) is 0 Å². The van der Waals surface area contributed by atoms with Gasteiger partial charge in [-0.3, -0.25) is 0 Å². The molecule has 0 radical (unpaired) electrons. The van der Waals surface area contributed by atoms with Crippen molar-refractivity contribution in [3.8, 4) is 0 Å². The van der Waals surface area contributed by atoms with Crippen LogP contribution in [-0.4, -0.2) is 38.7 Å². The predicted octanol–water partition coefficient (Wildman–Crippen LogP) is 0.679. The Bertz CT molecular complexity index is 434. The van der Waals surface area contributed by atoms with Crippen LogP contribution in [0.5, 0.6) is 0 Å². The number of nitrogens with zero attached hydrogens (tertiary/aromatic N) is 2. The van der Waals surface area contributed by atoms with Crippen LogP contribution in [0.15, 0.2) is 12.5 Å². The number of hydrogen-bond donors (Lipinski definition) is 3.